The molecule has 8 heteroatoms. The summed E-state index contributed by atoms with van der Waals surface area (Å²) in [5.41, 5.74) is 0.338. The molecule has 1 aromatic carbocycles. The number of ether oxygens (including phenoxy) is 2. The molecule has 2 saturated heterocycles. The minimum atomic E-state index is -3.78. The van der Waals surface area contributed by atoms with E-state index in [9.17, 15) is 13.5 Å². The predicted octanol–water partition coefficient (Wildman–Crippen LogP) is 2.07. The highest BCUT2D eigenvalue weighted by atomic mass is 35.5. The molecular formula is C17H24ClNO5S. The first-order chi connectivity index (χ1) is 11.8. The Balaban J connectivity index is 1.99. The molecule has 0 spiro atoms. The van der Waals surface area contributed by atoms with Crippen LogP contribution in [0.2, 0.25) is 5.02 Å². The van der Waals surface area contributed by atoms with Crippen LogP contribution in [0.1, 0.15) is 18.9 Å². The molecule has 0 saturated carbocycles. The summed E-state index contributed by atoms with van der Waals surface area (Å²) >= 11 is 6.18. The number of hydrogen-bond acceptors (Lipinski definition) is 5. The molecule has 2 atom stereocenters. The number of hydrogen-bond donors (Lipinski definition) is 1. The van der Waals surface area contributed by atoms with E-state index in [4.69, 9.17) is 21.1 Å². The zero-order valence-corrected chi connectivity index (χ0v) is 16.1. The van der Waals surface area contributed by atoms with Crippen molar-refractivity contribution in [1.29, 1.82) is 0 Å². The van der Waals surface area contributed by atoms with E-state index < -0.39 is 15.4 Å². The Bertz CT molecular complexity index is 754. The average Bonchev–Trinajstić information content (AvgIpc) is 2.99. The lowest BCUT2D eigenvalue weighted by Crippen LogP contribution is -2.41. The average molecular weight is 390 g/mol. The fourth-order valence-corrected chi connectivity index (χ4v) is 5.63. The van der Waals surface area contributed by atoms with E-state index in [1.54, 1.807) is 6.07 Å². The van der Waals surface area contributed by atoms with Crippen molar-refractivity contribution in [2.75, 3.05) is 39.5 Å². The quantitative estimate of drug-likeness (QED) is 0.834. The molecule has 2 heterocycles. The molecular weight excluding hydrogens is 366 g/mol. The molecule has 1 aromatic rings. The Morgan fingerprint density at radius 3 is 2.88 bits per heavy atom. The van der Waals surface area contributed by atoms with Crippen LogP contribution in [0.25, 0.3) is 0 Å². The van der Waals surface area contributed by atoms with Gasteiger partial charge in [0.15, 0.2) is 0 Å². The first-order valence-corrected chi connectivity index (χ1v) is 10.3. The van der Waals surface area contributed by atoms with Gasteiger partial charge in [0.1, 0.15) is 10.6 Å². The Morgan fingerprint density at radius 2 is 2.24 bits per heavy atom. The molecule has 0 radical (unpaired) electrons. The molecule has 25 heavy (non-hydrogen) atoms. The summed E-state index contributed by atoms with van der Waals surface area (Å²) in [7, 11) is -3.78. The Labute approximate surface area is 153 Å². The van der Waals surface area contributed by atoms with Gasteiger partial charge < -0.3 is 14.6 Å². The molecule has 2 aliphatic rings. The van der Waals surface area contributed by atoms with E-state index in [0.717, 1.165) is 5.56 Å². The van der Waals surface area contributed by atoms with Gasteiger partial charge in [-0.15, -0.1) is 0 Å². The summed E-state index contributed by atoms with van der Waals surface area (Å²) in [6.45, 7) is 5.58. The molecule has 3 rings (SSSR count). The lowest BCUT2D eigenvalue weighted by Gasteiger charge is -2.36. The Morgan fingerprint density at radius 1 is 1.48 bits per heavy atom. The maximum Gasteiger partial charge on any atom is 0.246 e. The van der Waals surface area contributed by atoms with Crippen molar-refractivity contribution in [3.63, 3.8) is 0 Å². The van der Waals surface area contributed by atoms with Crippen molar-refractivity contribution in [2.45, 2.75) is 25.2 Å². The van der Waals surface area contributed by atoms with Crippen LogP contribution in [-0.4, -0.2) is 57.3 Å². The number of halogens is 1. The van der Waals surface area contributed by atoms with Crippen LogP contribution in [0.4, 0.5) is 0 Å². The van der Waals surface area contributed by atoms with Crippen molar-refractivity contribution in [2.24, 2.45) is 11.3 Å². The highest BCUT2D eigenvalue weighted by Crippen LogP contribution is 2.44. The fraction of sp³-hybridized carbons (Fsp3) is 0.647. The second-order valence-electron chi connectivity index (χ2n) is 6.82. The molecule has 0 aliphatic carbocycles. The molecule has 2 fully saturated rings. The number of sulfonamides is 1. The van der Waals surface area contributed by atoms with E-state index in [0.29, 0.717) is 43.6 Å². The van der Waals surface area contributed by atoms with Gasteiger partial charge in [-0.1, -0.05) is 11.6 Å². The molecule has 0 aromatic heterocycles. The summed E-state index contributed by atoms with van der Waals surface area (Å²) in [4.78, 5) is 0.0811. The number of aliphatic hydroxyl groups is 1. The van der Waals surface area contributed by atoms with Gasteiger partial charge in [-0.25, -0.2) is 8.42 Å². The van der Waals surface area contributed by atoms with E-state index in [2.05, 4.69) is 0 Å². The summed E-state index contributed by atoms with van der Waals surface area (Å²) < 4.78 is 39.0. The van der Waals surface area contributed by atoms with Crippen molar-refractivity contribution in [1.82, 2.24) is 4.31 Å². The maximum absolute atomic E-state index is 13.3. The van der Waals surface area contributed by atoms with Crippen LogP contribution < -0.4 is 4.74 Å². The Hall–Kier alpha value is -0.860. The molecule has 0 amide bonds. The third-order valence-electron chi connectivity index (χ3n) is 5.30. The largest absolute Gasteiger partial charge is 0.492 e. The van der Waals surface area contributed by atoms with Crippen LogP contribution in [0.5, 0.6) is 5.75 Å². The number of benzene rings is 1. The third kappa shape index (κ3) is 3.28. The smallest absolute Gasteiger partial charge is 0.246 e. The summed E-state index contributed by atoms with van der Waals surface area (Å²) in [6, 6.07) is 3.12. The number of aliphatic hydroxyl groups excluding tert-OH is 1. The summed E-state index contributed by atoms with van der Waals surface area (Å²) in [5, 5.41) is 10.3. The van der Waals surface area contributed by atoms with Gasteiger partial charge in [-0.05, 0) is 38.0 Å². The maximum atomic E-state index is 13.3. The number of nitrogens with zero attached hydrogens (tertiary/aromatic N) is 1. The molecule has 2 aliphatic heterocycles. The topological polar surface area (TPSA) is 76.1 Å². The highest BCUT2D eigenvalue weighted by molar-refractivity contribution is 7.89. The predicted molar refractivity (Wildman–Crippen MR) is 94.6 cm³/mol. The second kappa shape index (κ2) is 7.04. The minimum Gasteiger partial charge on any atom is -0.492 e. The van der Waals surface area contributed by atoms with Crippen molar-refractivity contribution in [3.05, 3.63) is 22.7 Å². The van der Waals surface area contributed by atoms with Crippen LogP contribution in [0, 0.1) is 18.3 Å². The van der Waals surface area contributed by atoms with Gasteiger partial charge >= 0.3 is 0 Å². The Kier molecular flexibility index (Phi) is 5.33. The van der Waals surface area contributed by atoms with Gasteiger partial charge in [0.05, 0.1) is 19.8 Å². The number of aryl methyl sites for hydroxylation is 1. The van der Waals surface area contributed by atoms with Gasteiger partial charge in [0.2, 0.25) is 10.0 Å². The monoisotopic (exact) mass is 389 g/mol. The van der Waals surface area contributed by atoms with Gasteiger partial charge in [0.25, 0.3) is 0 Å². The van der Waals surface area contributed by atoms with E-state index in [1.165, 1.54) is 10.4 Å². The molecule has 0 unspecified atom stereocenters. The van der Waals surface area contributed by atoms with Crippen molar-refractivity contribution >= 4 is 21.6 Å². The summed E-state index contributed by atoms with van der Waals surface area (Å²) in [5.74, 6) is 0.311. The first kappa shape index (κ1) is 18.9. The van der Waals surface area contributed by atoms with Crippen LogP contribution in [0.15, 0.2) is 17.0 Å². The van der Waals surface area contributed by atoms with Crippen molar-refractivity contribution in [3.8, 4) is 5.75 Å². The van der Waals surface area contributed by atoms with E-state index >= 15 is 0 Å². The zero-order chi connectivity index (χ0) is 18.2. The standard InChI is InChI=1S/C17H24ClNO5S/c1-3-24-15-6-12(2)14(18)7-16(15)25(21,22)19-8-13-9-23-5-4-17(13,10-19)11-20/h6-7,13,20H,3-5,8-11H2,1-2H3/t13-,17-/m1/s1. The highest BCUT2D eigenvalue weighted by Gasteiger charge is 2.51. The van der Waals surface area contributed by atoms with Gasteiger partial charge in [-0.3, -0.25) is 0 Å². The lowest BCUT2D eigenvalue weighted by molar-refractivity contribution is -0.0414. The number of fused-ring (bicyclic) bond motifs is 1. The van der Waals surface area contributed by atoms with Gasteiger partial charge in [-0.2, -0.15) is 4.31 Å². The lowest BCUT2D eigenvalue weighted by atomic mass is 9.75. The van der Waals surface area contributed by atoms with Crippen LogP contribution >= 0.6 is 11.6 Å². The minimum absolute atomic E-state index is 0.00233. The van der Waals surface area contributed by atoms with E-state index in [-0.39, 0.29) is 24.0 Å². The first-order valence-electron chi connectivity index (χ1n) is 8.46. The molecule has 1 N–H and O–H groups in total. The van der Waals surface area contributed by atoms with E-state index in [1.807, 2.05) is 13.8 Å². The van der Waals surface area contributed by atoms with Crippen molar-refractivity contribution < 1.29 is 23.0 Å². The summed E-state index contributed by atoms with van der Waals surface area (Å²) in [6.07, 6.45) is 0.660. The normalized spacial score (nSPS) is 27.3. The zero-order valence-electron chi connectivity index (χ0n) is 14.5. The number of rotatable bonds is 5. The fourth-order valence-electron chi connectivity index (χ4n) is 3.69. The molecule has 6 nitrogen and oxygen atoms in total. The van der Waals surface area contributed by atoms with Gasteiger partial charge in [0, 0.05) is 36.1 Å². The SMILES string of the molecule is CCOc1cc(C)c(Cl)cc1S(=O)(=O)N1C[C@@H]2COCC[C@]2(CO)C1. The van der Waals surface area contributed by atoms with Crippen LogP contribution in [-0.2, 0) is 14.8 Å². The molecule has 0 bridgehead atoms. The van der Waals surface area contributed by atoms with Crippen LogP contribution in [0.3, 0.4) is 0 Å². The third-order valence-corrected chi connectivity index (χ3v) is 7.54. The molecule has 140 valence electrons. The second-order valence-corrected chi connectivity index (χ2v) is 9.13.